The van der Waals surface area contributed by atoms with Crippen molar-refractivity contribution in [1.29, 1.82) is 0 Å². The maximum atomic E-state index is 6.03. The summed E-state index contributed by atoms with van der Waals surface area (Å²) in [5.41, 5.74) is 5.52. The van der Waals surface area contributed by atoms with Crippen LogP contribution in [0.4, 0.5) is 11.5 Å². The monoisotopic (exact) mass is 354 g/mol. The average Bonchev–Trinajstić information content (AvgIpc) is 2.95. The van der Waals surface area contributed by atoms with Gasteiger partial charge in [0.2, 0.25) is 0 Å². The summed E-state index contributed by atoms with van der Waals surface area (Å²) in [6.45, 7) is 5.00. The fourth-order valence-corrected chi connectivity index (χ4v) is 2.97. The first-order chi connectivity index (χ1) is 12.1. The van der Waals surface area contributed by atoms with Gasteiger partial charge in [-0.1, -0.05) is 41.4 Å². The Morgan fingerprint density at radius 3 is 2.32 bits per heavy atom. The number of nitrogens with one attached hydrogen (secondary N) is 2. The molecule has 130 valence electrons. The van der Waals surface area contributed by atoms with Crippen molar-refractivity contribution in [3.63, 3.8) is 0 Å². The van der Waals surface area contributed by atoms with E-state index >= 15 is 0 Å². The zero-order valence-electron chi connectivity index (χ0n) is 14.8. The largest absolute Gasteiger partial charge is 0.384 e. The van der Waals surface area contributed by atoms with Crippen LogP contribution in [0.15, 0.2) is 48.5 Å². The number of benzene rings is 2. The molecular weight excluding hydrogens is 332 g/mol. The van der Waals surface area contributed by atoms with Crippen molar-refractivity contribution in [2.75, 3.05) is 24.2 Å². The average molecular weight is 355 g/mol. The quantitative estimate of drug-likeness (QED) is 0.661. The molecule has 3 rings (SSSR count). The van der Waals surface area contributed by atoms with Gasteiger partial charge in [-0.25, -0.2) is 4.68 Å². The van der Waals surface area contributed by atoms with Gasteiger partial charge in [0, 0.05) is 25.0 Å². The second kappa shape index (κ2) is 7.62. The number of anilines is 2. The molecule has 0 unspecified atom stereocenters. The molecule has 0 bridgehead atoms. The van der Waals surface area contributed by atoms with Gasteiger partial charge in [0.15, 0.2) is 5.82 Å². The van der Waals surface area contributed by atoms with E-state index in [9.17, 15) is 0 Å². The van der Waals surface area contributed by atoms with Crippen molar-refractivity contribution >= 4 is 23.1 Å². The zero-order chi connectivity index (χ0) is 17.8. The van der Waals surface area contributed by atoms with Gasteiger partial charge < -0.3 is 10.6 Å². The van der Waals surface area contributed by atoms with Crippen LogP contribution in [0.5, 0.6) is 0 Å². The molecule has 2 aromatic carbocycles. The van der Waals surface area contributed by atoms with Gasteiger partial charge in [0.1, 0.15) is 5.69 Å². The number of nitrogens with zero attached hydrogens (tertiary/aromatic N) is 2. The normalized spacial score (nSPS) is 10.7. The Balaban J connectivity index is 2.04. The first-order valence-corrected chi connectivity index (χ1v) is 8.85. The van der Waals surface area contributed by atoms with Gasteiger partial charge in [-0.3, -0.25) is 0 Å². The third-order valence-corrected chi connectivity index (χ3v) is 4.37. The number of rotatable bonds is 6. The molecule has 1 aromatic heterocycles. The summed E-state index contributed by atoms with van der Waals surface area (Å²) in [7, 11) is 1.93. The minimum absolute atomic E-state index is 0.717. The SMILES string of the molecule is CCNc1c(NC)c(Cc2ccc(C)cc2)nn1-c1ccc(Cl)cc1. The predicted octanol–water partition coefficient (Wildman–Crippen LogP) is 4.90. The molecule has 5 heteroatoms. The van der Waals surface area contributed by atoms with Crippen molar-refractivity contribution in [3.05, 3.63) is 70.4 Å². The molecule has 1 heterocycles. The molecule has 0 saturated carbocycles. The van der Waals surface area contributed by atoms with E-state index in [4.69, 9.17) is 16.7 Å². The highest BCUT2D eigenvalue weighted by Crippen LogP contribution is 2.30. The van der Waals surface area contributed by atoms with Gasteiger partial charge in [-0.2, -0.15) is 5.10 Å². The molecule has 4 nitrogen and oxygen atoms in total. The molecule has 0 aliphatic rings. The Hall–Kier alpha value is -2.46. The Labute approximate surface area is 153 Å². The number of aromatic nitrogens is 2. The van der Waals surface area contributed by atoms with E-state index < -0.39 is 0 Å². The third-order valence-electron chi connectivity index (χ3n) is 4.12. The van der Waals surface area contributed by atoms with Crippen molar-refractivity contribution in [3.8, 4) is 5.69 Å². The molecule has 0 spiro atoms. The summed E-state index contributed by atoms with van der Waals surface area (Å²) in [5.74, 6) is 0.967. The maximum absolute atomic E-state index is 6.03. The maximum Gasteiger partial charge on any atom is 0.153 e. The van der Waals surface area contributed by atoms with Crippen LogP contribution in [0.2, 0.25) is 5.02 Å². The van der Waals surface area contributed by atoms with Gasteiger partial charge in [0.25, 0.3) is 0 Å². The van der Waals surface area contributed by atoms with Crippen LogP contribution in [0.25, 0.3) is 5.69 Å². The highest BCUT2D eigenvalue weighted by Gasteiger charge is 2.18. The van der Waals surface area contributed by atoms with Crippen LogP contribution in [-0.2, 0) is 6.42 Å². The van der Waals surface area contributed by atoms with Crippen molar-refractivity contribution in [2.45, 2.75) is 20.3 Å². The molecule has 25 heavy (non-hydrogen) atoms. The first-order valence-electron chi connectivity index (χ1n) is 8.47. The van der Waals surface area contributed by atoms with E-state index in [1.165, 1.54) is 11.1 Å². The topological polar surface area (TPSA) is 41.9 Å². The Morgan fingerprint density at radius 2 is 1.72 bits per heavy atom. The molecule has 0 saturated heterocycles. The summed E-state index contributed by atoms with van der Waals surface area (Å²) in [4.78, 5) is 0. The van der Waals surface area contributed by atoms with Crippen molar-refractivity contribution in [1.82, 2.24) is 9.78 Å². The smallest absolute Gasteiger partial charge is 0.153 e. The summed E-state index contributed by atoms with van der Waals surface area (Å²) in [6, 6.07) is 16.3. The van der Waals surface area contributed by atoms with Gasteiger partial charge in [-0.15, -0.1) is 0 Å². The molecule has 0 aliphatic carbocycles. The second-order valence-corrected chi connectivity index (χ2v) is 6.44. The highest BCUT2D eigenvalue weighted by molar-refractivity contribution is 6.30. The van der Waals surface area contributed by atoms with E-state index in [1.54, 1.807) is 0 Å². The number of aryl methyl sites for hydroxylation is 1. The standard InChI is InChI=1S/C20H23ClN4/c1-4-23-20-19(22-3)18(13-15-7-5-14(2)6-8-15)24-25(20)17-11-9-16(21)10-12-17/h5-12,22-23H,4,13H2,1-3H3. The summed E-state index contributed by atoms with van der Waals surface area (Å²) in [5, 5.41) is 12.3. The number of hydrogen-bond acceptors (Lipinski definition) is 3. The number of hydrogen-bond donors (Lipinski definition) is 2. The molecule has 3 aromatic rings. The highest BCUT2D eigenvalue weighted by atomic mass is 35.5. The van der Waals surface area contributed by atoms with Crippen LogP contribution >= 0.6 is 11.6 Å². The zero-order valence-corrected chi connectivity index (χ0v) is 15.6. The lowest BCUT2D eigenvalue weighted by atomic mass is 10.1. The molecule has 2 N–H and O–H groups in total. The van der Waals surface area contributed by atoms with Crippen molar-refractivity contribution in [2.24, 2.45) is 0 Å². The number of halogens is 1. The summed E-state index contributed by atoms with van der Waals surface area (Å²) in [6.07, 6.45) is 0.773. The molecular formula is C20H23ClN4. The fraction of sp³-hybridized carbons (Fsp3) is 0.250. The molecule has 0 radical (unpaired) electrons. The lowest BCUT2D eigenvalue weighted by Crippen LogP contribution is -2.07. The molecule has 0 aliphatic heterocycles. The second-order valence-electron chi connectivity index (χ2n) is 6.00. The van der Waals surface area contributed by atoms with Gasteiger partial charge in [0.05, 0.1) is 11.4 Å². The predicted molar refractivity (Wildman–Crippen MR) is 106 cm³/mol. The van der Waals surface area contributed by atoms with E-state index in [1.807, 2.05) is 36.0 Å². The van der Waals surface area contributed by atoms with Crippen LogP contribution < -0.4 is 10.6 Å². The Morgan fingerprint density at radius 1 is 1.04 bits per heavy atom. The molecule has 0 atom stereocenters. The van der Waals surface area contributed by atoms with E-state index in [-0.39, 0.29) is 0 Å². The fourth-order valence-electron chi connectivity index (χ4n) is 2.85. The first kappa shape index (κ1) is 17.4. The van der Waals surface area contributed by atoms with Crippen LogP contribution in [0.3, 0.4) is 0 Å². The Bertz CT molecular complexity index is 835. The summed E-state index contributed by atoms with van der Waals surface area (Å²) >= 11 is 6.03. The lowest BCUT2D eigenvalue weighted by Gasteiger charge is -2.10. The van der Waals surface area contributed by atoms with Crippen LogP contribution in [0, 0.1) is 6.92 Å². The minimum Gasteiger partial charge on any atom is -0.384 e. The van der Waals surface area contributed by atoms with Gasteiger partial charge >= 0.3 is 0 Å². The summed E-state index contributed by atoms with van der Waals surface area (Å²) < 4.78 is 1.94. The third kappa shape index (κ3) is 3.80. The van der Waals surface area contributed by atoms with E-state index in [0.717, 1.165) is 40.9 Å². The minimum atomic E-state index is 0.717. The van der Waals surface area contributed by atoms with Crippen LogP contribution in [0.1, 0.15) is 23.7 Å². The Kier molecular flexibility index (Phi) is 5.29. The van der Waals surface area contributed by atoms with E-state index in [2.05, 4.69) is 48.7 Å². The molecule has 0 amide bonds. The van der Waals surface area contributed by atoms with E-state index in [0.29, 0.717) is 0 Å². The van der Waals surface area contributed by atoms with Crippen LogP contribution in [-0.4, -0.2) is 23.4 Å². The van der Waals surface area contributed by atoms with Crippen molar-refractivity contribution < 1.29 is 0 Å². The lowest BCUT2D eigenvalue weighted by molar-refractivity contribution is 0.848. The molecule has 0 fully saturated rings. The van der Waals surface area contributed by atoms with Gasteiger partial charge in [-0.05, 0) is 43.7 Å².